The number of hydrogen-bond acceptors (Lipinski definition) is 4. The van der Waals surface area contributed by atoms with Crippen molar-refractivity contribution in [1.82, 2.24) is 20.0 Å². The molecule has 0 saturated heterocycles. The molecule has 0 radical (unpaired) electrons. The van der Waals surface area contributed by atoms with Gasteiger partial charge in [-0.2, -0.15) is 0 Å². The highest BCUT2D eigenvalue weighted by Gasteiger charge is 2.13. The average Bonchev–Trinajstić information content (AvgIpc) is 3.33. The molecule has 0 amide bonds. The molecule has 4 rings (SSSR count). The van der Waals surface area contributed by atoms with Crippen molar-refractivity contribution < 1.29 is 9.47 Å². The van der Waals surface area contributed by atoms with Crippen LogP contribution in [0.2, 0.25) is 0 Å². The Morgan fingerprint density at radius 3 is 2.86 bits per heavy atom. The van der Waals surface area contributed by atoms with Crippen LogP contribution in [0.3, 0.4) is 0 Å². The lowest BCUT2D eigenvalue weighted by Gasteiger charge is -2.11. The van der Waals surface area contributed by atoms with Crippen LogP contribution in [-0.2, 0) is 13.0 Å². The van der Waals surface area contributed by atoms with Gasteiger partial charge in [-0.15, -0.1) is 24.0 Å². The van der Waals surface area contributed by atoms with Crippen LogP contribution >= 0.6 is 24.0 Å². The van der Waals surface area contributed by atoms with Crippen LogP contribution < -0.4 is 20.1 Å². The molecule has 1 aliphatic heterocycles. The summed E-state index contributed by atoms with van der Waals surface area (Å²) in [5, 5.41) is 6.67. The predicted octanol–water partition coefficient (Wildman–Crippen LogP) is 3.29. The molecule has 3 heterocycles. The van der Waals surface area contributed by atoms with E-state index < -0.39 is 0 Å². The molecule has 0 aliphatic carbocycles. The molecular formula is C21H26IN5O2. The minimum absolute atomic E-state index is 0. The van der Waals surface area contributed by atoms with Gasteiger partial charge in [0.05, 0.1) is 12.2 Å². The summed E-state index contributed by atoms with van der Waals surface area (Å²) in [6.07, 6.45) is 2.92. The maximum absolute atomic E-state index is 5.44. The third-order valence-corrected chi connectivity index (χ3v) is 4.63. The number of aliphatic imine (C=N–C) groups is 1. The van der Waals surface area contributed by atoms with Gasteiger partial charge in [-0.3, -0.25) is 0 Å². The van der Waals surface area contributed by atoms with Crippen LogP contribution in [-0.4, -0.2) is 35.2 Å². The maximum Gasteiger partial charge on any atom is 0.231 e. The quantitative estimate of drug-likeness (QED) is 0.305. The van der Waals surface area contributed by atoms with Crippen molar-refractivity contribution in [2.24, 2.45) is 4.99 Å². The van der Waals surface area contributed by atoms with Crippen LogP contribution in [0.1, 0.15) is 23.9 Å². The Balaban J connectivity index is 0.00000240. The SMILES string of the molecule is CCNC(=NCc1cn2c(C)cccc2n1)NCCc1ccc2c(c1)OCO2.I. The van der Waals surface area contributed by atoms with Gasteiger partial charge >= 0.3 is 0 Å². The molecule has 0 unspecified atom stereocenters. The van der Waals surface area contributed by atoms with E-state index in [0.717, 1.165) is 54.0 Å². The lowest BCUT2D eigenvalue weighted by Crippen LogP contribution is -2.38. The first-order valence-electron chi connectivity index (χ1n) is 9.57. The number of nitrogens with zero attached hydrogens (tertiary/aromatic N) is 3. The van der Waals surface area contributed by atoms with Gasteiger partial charge in [0.1, 0.15) is 5.65 Å². The summed E-state index contributed by atoms with van der Waals surface area (Å²) in [4.78, 5) is 9.31. The van der Waals surface area contributed by atoms with Gasteiger partial charge in [0.2, 0.25) is 6.79 Å². The number of ether oxygens (including phenoxy) is 2. The van der Waals surface area contributed by atoms with Crippen molar-refractivity contribution in [3.63, 3.8) is 0 Å². The number of fused-ring (bicyclic) bond motifs is 2. The largest absolute Gasteiger partial charge is 0.454 e. The number of guanidine groups is 1. The van der Waals surface area contributed by atoms with E-state index in [1.54, 1.807) is 0 Å². The highest BCUT2D eigenvalue weighted by molar-refractivity contribution is 14.0. The summed E-state index contributed by atoms with van der Waals surface area (Å²) in [5.74, 6) is 2.42. The Kier molecular flexibility index (Phi) is 7.18. The van der Waals surface area contributed by atoms with E-state index >= 15 is 0 Å². The molecule has 3 aromatic rings. The molecule has 2 N–H and O–H groups in total. The van der Waals surface area contributed by atoms with Crippen LogP contribution in [0.25, 0.3) is 5.65 Å². The molecular weight excluding hydrogens is 481 g/mol. The first-order chi connectivity index (χ1) is 13.7. The Morgan fingerprint density at radius 1 is 1.17 bits per heavy atom. The second kappa shape index (κ2) is 9.82. The molecule has 154 valence electrons. The van der Waals surface area contributed by atoms with Gasteiger partial charge < -0.3 is 24.5 Å². The van der Waals surface area contributed by atoms with Gasteiger partial charge in [0.25, 0.3) is 0 Å². The Bertz CT molecular complexity index is 1000. The summed E-state index contributed by atoms with van der Waals surface area (Å²) in [6, 6.07) is 12.2. The molecule has 0 spiro atoms. The van der Waals surface area contributed by atoms with Crippen LogP contribution in [0.4, 0.5) is 0 Å². The summed E-state index contributed by atoms with van der Waals surface area (Å²) < 4.78 is 12.9. The smallest absolute Gasteiger partial charge is 0.231 e. The summed E-state index contributed by atoms with van der Waals surface area (Å²) in [7, 11) is 0. The Labute approximate surface area is 187 Å². The molecule has 0 saturated carbocycles. The number of pyridine rings is 1. The first-order valence-corrected chi connectivity index (χ1v) is 9.57. The molecule has 8 heteroatoms. The standard InChI is InChI=1S/C21H25N5O2.HI/c1-3-22-21(23-10-9-16-7-8-18-19(11-16)28-14-27-18)24-12-17-13-26-15(2)5-4-6-20(26)25-17;/h4-8,11,13H,3,9-10,12,14H2,1-2H3,(H2,22,23,24);1H. The third kappa shape index (κ3) is 5.11. The second-order valence-corrected chi connectivity index (χ2v) is 6.69. The van der Waals surface area contributed by atoms with Crippen molar-refractivity contribution >= 4 is 35.6 Å². The van der Waals surface area contributed by atoms with Crippen molar-refractivity contribution in [3.8, 4) is 11.5 Å². The van der Waals surface area contributed by atoms with Crippen molar-refractivity contribution in [2.75, 3.05) is 19.9 Å². The van der Waals surface area contributed by atoms with Gasteiger partial charge in [0.15, 0.2) is 17.5 Å². The number of rotatable bonds is 6. The van der Waals surface area contributed by atoms with E-state index in [1.165, 1.54) is 5.56 Å². The number of imidazole rings is 1. The van der Waals surface area contributed by atoms with Gasteiger partial charge in [-0.1, -0.05) is 12.1 Å². The van der Waals surface area contributed by atoms with Crippen molar-refractivity contribution in [2.45, 2.75) is 26.8 Å². The fraction of sp³-hybridized carbons (Fsp3) is 0.333. The number of aryl methyl sites for hydroxylation is 1. The lowest BCUT2D eigenvalue weighted by atomic mass is 10.1. The zero-order valence-corrected chi connectivity index (χ0v) is 19.0. The fourth-order valence-electron chi connectivity index (χ4n) is 3.20. The molecule has 29 heavy (non-hydrogen) atoms. The number of hydrogen-bond donors (Lipinski definition) is 2. The molecule has 0 fully saturated rings. The highest BCUT2D eigenvalue weighted by atomic mass is 127. The van der Waals surface area contributed by atoms with Crippen LogP contribution in [0.15, 0.2) is 47.6 Å². The van der Waals surface area contributed by atoms with E-state index in [1.807, 2.05) is 30.5 Å². The van der Waals surface area contributed by atoms with E-state index in [-0.39, 0.29) is 24.0 Å². The monoisotopic (exact) mass is 507 g/mol. The van der Waals surface area contributed by atoms with Crippen molar-refractivity contribution in [1.29, 1.82) is 0 Å². The summed E-state index contributed by atoms with van der Waals surface area (Å²) in [6.45, 7) is 6.54. The normalized spacial score (nSPS) is 12.7. The number of nitrogens with one attached hydrogen (secondary N) is 2. The topological polar surface area (TPSA) is 72.2 Å². The molecule has 7 nitrogen and oxygen atoms in total. The average molecular weight is 507 g/mol. The zero-order chi connectivity index (χ0) is 19.3. The highest BCUT2D eigenvalue weighted by Crippen LogP contribution is 2.32. The van der Waals surface area contributed by atoms with Crippen LogP contribution in [0, 0.1) is 6.92 Å². The molecule has 1 aliphatic rings. The minimum Gasteiger partial charge on any atom is -0.454 e. The van der Waals surface area contributed by atoms with Gasteiger partial charge in [0, 0.05) is 25.0 Å². The Morgan fingerprint density at radius 2 is 2.03 bits per heavy atom. The van der Waals surface area contributed by atoms with E-state index in [0.29, 0.717) is 13.3 Å². The van der Waals surface area contributed by atoms with E-state index in [2.05, 4.69) is 51.0 Å². The zero-order valence-electron chi connectivity index (χ0n) is 16.6. The number of benzene rings is 1. The maximum atomic E-state index is 5.44. The number of aromatic nitrogens is 2. The van der Waals surface area contributed by atoms with Gasteiger partial charge in [-0.25, -0.2) is 9.98 Å². The molecule has 1 aromatic carbocycles. The third-order valence-electron chi connectivity index (χ3n) is 4.63. The van der Waals surface area contributed by atoms with E-state index in [4.69, 9.17) is 9.47 Å². The van der Waals surface area contributed by atoms with Gasteiger partial charge in [-0.05, 0) is 50.1 Å². The first kappa shape index (κ1) is 21.2. The lowest BCUT2D eigenvalue weighted by molar-refractivity contribution is 0.174. The second-order valence-electron chi connectivity index (χ2n) is 6.69. The fourth-order valence-corrected chi connectivity index (χ4v) is 3.20. The predicted molar refractivity (Wildman–Crippen MR) is 124 cm³/mol. The summed E-state index contributed by atoms with van der Waals surface area (Å²) >= 11 is 0. The van der Waals surface area contributed by atoms with E-state index in [9.17, 15) is 0 Å². The van der Waals surface area contributed by atoms with Crippen LogP contribution in [0.5, 0.6) is 11.5 Å². The molecule has 2 aromatic heterocycles. The Hall–Kier alpha value is -2.49. The molecule has 0 atom stereocenters. The van der Waals surface area contributed by atoms with Crippen molar-refractivity contribution in [3.05, 3.63) is 59.5 Å². The minimum atomic E-state index is 0. The number of halogens is 1. The summed E-state index contributed by atoms with van der Waals surface area (Å²) in [5.41, 5.74) is 4.26. The molecule has 0 bridgehead atoms.